The maximum absolute atomic E-state index is 12.5. The molecule has 1 unspecified atom stereocenters. The van der Waals surface area contributed by atoms with Crippen molar-refractivity contribution in [3.05, 3.63) is 59.7 Å². The van der Waals surface area contributed by atoms with Crippen LogP contribution in [0.25, 0.3) is 0 Å². The highest BCUT2D eigenvalue weighted by Gasteiger charge is 2.30. The molecule has 2 aromatic carbocycles. The number of para-hydroxylation sites is 1. The van der Waals surface area contributed by atoms with E-state index in [0.717, 1.165) is 24.3 Å². The molecule has 4 nitrogen and oxygen atoms in total. The average molecular weight is 310 g/mol. The van der Waals surface area contributed by atoms with E-state index < -0.39 is 0 Å². The number of rotatable bonds is 4. The Labute approximate surface area is 137 Å². The number of anilines is 1. The molecule has 23 heavy (non-hydrogen) atoms. The van der Waals surface area contributed by atoms with Crippen molar-refractivity contribution in [3.8, 4) is 5.75 Å². The van der Waals surface area contributed by atoms with Crippen molar-refractivity contribution in [2.45, 2.75) is 25.8 Å². The Bertz CT molecular complexity index is 682. The standard InChI is InChI=1S/C19H22N2O2/c1-14-13-16-5-3-4-6-18(16)21(14)19(22)20-12-11-15-7-9-17(23-2)10-8-15/h3-10,14H,11-13H2,1-2H3,(H,20,22). The van der Waals surface area contributed by atoms with Gasteiger partial charge in [0.2, 0.25) is 0 Å². The number of benzene rings is 2. The van der Waals surface area contributed by atoms with Crippen LogP contribution >= 0.6 is 0 Å². The summed E-state index contributed by atoms with van der Waals surface area (Å²) in [5.74, 6) is 0.847. The molecule has 0 aromatic heterocycles. The van der Waals surface area contributed by atoms with Crippen LogP contribution < -0.4 is 15.0 Å². The minimum atomic E-state index is -0.0176. The molecule has 1 heterocycles. The molecule has 120 valence electrons. The van der Waals surface area contributed by atoms with Gasteiger partial charge in [0, 0.05) is 18.3 Å². The molecular weight excluding hydrogens is 288 g/mol. The van der Waals surface area contributed by atoms with Gasteiger partial charge in [-0.05, 0) is 49.1 Å². The number of nitrogens with zero attached hydrogens (tertiary/aromatic N) is 1. The van der Waals surface area contributed by atoms with Gasteiger partial charge in [-0.25, -0.2) is 4.79 Å². The van der Waals surface area contributed by atoms with Gasteiger partial charge in [0.15, 0.2) is 0 Å². The van der Waals surface area contributed by atoms with Gasteiger partial charge in [-0.2, -0.15) is 0 Å². The molecule has 4 heteroatoms. The second kappa shape index (κ2) is 6.73. The van der Waals surface area contributed by atoms with Gasteiger partial charge in [-0.1, -0.05) is 30.3 Å². The molecule has 2 amide bonds. The lowest BCUT2D eigenvalue weighted by molar-refractivity contribution is 0.245. The monoisotopic (exact) mass is 310 g/mol. The van der Waals surface area contributed by atoms with E-state index in [1.165, 1.54) is 11.1 Å². The van der Waals surface area contributed by atoms with Gasteiger partial charge in [0.05, 0.1) is 7.11 Å². The lowest BCUT2D eigenvalue weighted by Crippen LogP contribution is -2.43. The molecule has 0 aliphatic carbocycles. The third-order valence-corrected chi connectivity index (χ3v) is 4.28. The Morgan fingerprint density at radius 3 is 2.70 bits per heavy atom. The van der Waals surface area contributed by atoms with Crippen molar-refractivity contribution in [1.29, 1.82) is 0 Å². The van der Waals surface area contributed by atoms with Gasteiger partial charge in [-0.15, -0.1) is 0 Å². The second-order valence-corrected chi connectivity index (χ2v) is 5.88. The average Bonchev–Trinajstić information content (AvgIpc) is 2.91. The van der Waals surface area contributed by atoms with Crippen LogP contribution in [0.4, 0.5) is 10.5 Å². The van der Waals surface area contributed by atoms with Gasteiger partial charge >= 0.3 is 6.03 Å². The van der Waals surface area contributed by atoms with E-state index in [2.05, 4.69) is 18.3 Å². The summed E-state index contributed by atoms with van der Waals surface area (Å²) in [7, 11) is 1.66. The first-order chi connectivity index (χ1) is 11.2. The smallest absolute Gasteiger partial charge is 0.322 e. The molecule has 1 N–H and O–H groups in total. The highest BCUT2D eigenvalue weighted by Crippen LogP contribution is 2.31. The van der Waals surface area contributed by atoms with Crippen LogP contribution in [0.2, 0.25) is 0 Å². The third-order valence-electron chi connectivity index (χ3n) is 4.28. The zero-order chi connectivity index (χ0) is 16.2. The number of amides is 2. The van der Waals surface area contributed by atoms with E-state index in [1.54, 1.807) is 7.11 Å². The summed E-state index contributed by atoms with van der Waals surface area (Å²) < 4.78 is 5.15. The number of carbonyl (C=O) groups excluding carboxylic acids is 1. The second-order valence-electron chi connectivity index (χ2n) is 5.88. The Morgan fingerprint density at radius 1 is 1.22 bits per heavy atom. The van der Waals surface area contributed by atoms with Crippen LogP contribution in [-0.4, -0.2) is 25.7 Å². The summed E-state index contributed by atoms with van der Waals surface area (Å²) in [6.45, 7) is 2.71. The lowest BCUT2D eigenvalue weighted by atomic mass is 10.1. The first-order valence-corrected chi connectivity index (χ1v) is 7.97. The summed E-state index contributed by atoms with van der Waals surface area (Å²) >= 11 is 0. The minimum absolute atomic E-state index is 0.0176. The number of fused-ring (bicyclic) bond motifs is 1. The normalized spacial score (nSPS) is 16.1. The maximum Gasteiger partial charge on any atom is 0.322 e. The molecule has 2 aromatic rings. The van der Waals surface area contributed by atoms with E-state index in [0.29, 0.717) is 6.54 Å². The highest BCUT2D eigenvalue weighted by atomic mass is 16.5. The maximum atomic E-state index is 12.5. The fourth-order valence-electron chi connectivity index (χ4n) is 3.07. The van der Waals surface area contributed by atoms with E-state index in [1.807, 2.05) is 47.4 Å². The number of ether oxygens (including phenoxy) is 1. The van der Waals surface area contributed by atoms with Crippen LogP contribution in [-0.2, 0) is 12.8 Å². The predicted octanol–water partition coefficient (Wildman–Crippen LogP) is 3.40. The molecule has 0 radical (unpaired) electrons. The number of hydrogen-bond acceptors (Lipinski definition) is 2. The Balaban J connectivity index is 1.57. The number of carbonyl (C=O) groups is 1. The fraction of sp³-hybridized carbons (Fsp3) is 0.316. The largest absolute Gasteiger partial charge is 0.497 e. The molecular formula is C19H22N2O2. The van der Waals surface area contributed by atoms with Crippen molar-refractivity contribution in [2.24, 2.45) is 0 Å². The topological polar surface area (TPSA) is 41.6 Å². The van der Waals surface area contributed by atoms with Gasteiger partial charge in [0.25, 0.3) is 0 Å². The van der Waals surface area contributed by atoms with Crippen LogP contribution in [0, 0.1) is 0 Å². The number of hydrogen-bond donors (Lipinski definition) is 1. The number of methoxy groups -OCH3 is 1. The van der Waals surface area contributed by atoms with Crippen molar-refractivity contribution >= 4 is 11.7 Å². The van der Waals surface area contributed by atoms with E-state index in [9.17, 15) is 4.79 Å². The fourth-order valence-corrected chi connectivity index (χ4v) is 3.07. The van der Waals surface area contributed by atoms with Gasteiger partial charge < -0.3 is 10.1 Å². The van der Waals surface area contributed by atoms with E-state index >= 15 is 0 Å². The van der Waals surface area contributed by atoms with Crippen LogP contribution in [0.5, 0.6) is 5.75 Å². The van der Waals surface area contributed by atoms with Crippen LogP contribution in [0.3, 0.4) is 0 Å². The molecule has 1 aliphatic heterocycles. The van der Waals surface area contributed by atoms with Crippen LogP contribution in [0.15, 0.2) is 48.5 Å². The Hall–Kier alpha value is -2.49. The van der Waals surface area contributed by atoms with E-state index in [-0.39, 0.29) is 12.1 Å². The molecule has 0 fully saturated rings. The molecule has 0 spiro atoms. The van der Waals surface area contributed by atoms with Gasteiger partial charge in [0.1, 0.15) is 5.75 Å². The summed E-state index contributed by atoms with van der Waals surface area (Å²) in [5, 5.41) is 3.03. The minimum Gasteiger partial charge on any atom is -0.497 e. The zero-order valence-electron chi connectivity index (χ0n) is 13.6. The summed E-state index contributed by atoms with van der Waals surface area (Å²) in [4.78, 5) is 14.4. The number of nitrogens with one attached hydrogen (secondary N) is 1. The van der Waals surface area contributed by atoms with Crippen molar-refractivity contribution in [2.75, 3.05) is 18.6 Å². The van der Waals surface area contributed by atoms with Gasteiger partial charge in [-0.3, -0.25) is 4.90 Å². The predicted molar refractivity (Wildman–Crippen MR) is 92.2 cm³/mol. The van der Waals surface area contributed by atoms with Crippen molar-refractivity contribution in [1.82, 2.24) is 5.32 Å². The summed E-state index contributed by atoms with van der Waals surface area (Å²) in [6, 6.07) is 16.2. The van der Waals surface area contributed by atoms with Crippen molar-refractivity contribution in [3.63, 3.8) is 0 Å². The molecule has 3 rings (SSSR count). The highest BCUT2D eigenvalue weighted by molar-refractivity contribution is 5.94. The molecule has 0 bridgehead atoms. The summed E-state index contributed by atoms with van der Waals surface area (Å²) in [5.41, 5.74) is 3.45. The third kappa shape index (κ3) is 3.31. The van der Waals surface area contributed by atoms with Crippen molar-refractivity contribution < 1.29 is 9.53 Å². The Kier molecular flexibility index (Phi) is 4.51. The molecule has 0 saturated carbocycles. The quantitative estimate of drug-likeness (QED) is 0.940. The molecule has 1 atom stereocenters. The first kappa shape index (κ1) is 15.4. The Morgan fingerprint density at radius 2 is 1.96 bits per heavy atom. The van der Waals surface area contributed by atoms with Crippen LogP contribution in [0.1, 0.15) is 18.1 Å². The summed E-state index contributed by atoms with van der Waals surface area (Å²) in [6.07, 6.45) is 1.72. The van der Waals surface area contributed by atoms with E-state index in [4.69, 9.17) is 4.74 Å². The SMILES string of the molecule is COc1ccc(CCNC(=O)N2c3ccccc3CC2C)cc1. The molecule has 1 aliphatic rings. The molecule has 0 saturated heterocycles. The number of urea groups is 1. The zero-order valence-corrected chi connectivity index (χ0v) is 13.6. The lowest BCUT2D eigenvalue weighted by Gasteiger charge is -2.23. The first-order valence-electron chi connectivity index (χ1n) is 7.97.